The Morgan fingerprint density at radius 3 is 2.35 bits per heavy atom. The van der Waals surface area contributed by atoms with Crippen molar-refractivity contribution in [2.45, 2.75) is 65.4 Å². The molecule has 4 heteroatoms. The third-order valence-electron chi connectivity index (χ3n) is 2.99. The Bertz CT molecular complexity index is 248. The summed E-state index contributed by atoms with van der Waals surface area (Å²) in [5, 5.41) is 8.69. The van der Waals surface area contributed by atoms with E-state index in [9.17, 15) is 0 Å². The number of hydrogen-bond donors (Lipinski definition) is 1. The SMILES string of the molecule is CCOC(C)(N)C(CC)CC(C)OC(C)C#N. The van der Waals surface area contributed by atoms with E-state index in [2.05, 4.69) is 13.0 Å². The zero-order valence-electron chi connectivity index (χ0n) is 11.7. The predicted octanol–water partition coefficient (Wildman–Crippen LogP) is 2.43. The van der Waals surface area contributed by atoms with Gasteiger partial charge in [-0.15, -0.1) is 0 Å². The molecule has 0 saturated heterocycles. The van der Waals surface area contributed by atoms with Crippen molar-refractivity contribution in [1.82, 2.24) is 0 Å². The summed E-state index contributed by atoms with van der Waals surface area (Å²) < 4.78 is 11.1. The zero-order chi connectivity index (χ0) is 13.5. The minimum atomic E-state index is -0.628. The fraction of sp³-hybridized carbons (Fsp3) is 0.923. The summed E-state index contributed by atoms with van der Waals surface area (Å²) in [4.78, 5) is 0. The second kappa shape index (κ2) is 7.65. The number of nitrogens with zero attached hydrogens (tertiary/aromatic N) is 1. The van der Waals surface area contributed by atoms with Crippen LogP contribution in [0.15, 0.2) is 0 Å². The van der Waals surface area contributed by atoms with Crippen molar-refractivity contribution < 1.29 is 9.47 Å². The molecule has 0 aromatic rings. The minimum absolute atomic E-state index is 0.0120. The molecule has 0 fully saturated rings. The lowest BCUT2D eigenvalue weighted by Crippen LogP contribution is -2.47. The van der Waals surface area contributed by atoms with Crippen LogP contribution in [0.2, 0.25) is 0 Å². The average molecular weight is 242 g/mol. The van der Waals surface area contributed by atoms with Crippen LogP contribution in [0.5, 0.6) is 0 Å². The van der Waals surface area contributed by atoms with Crippen LogP contribution >= 0.6 is 0 Å². The first-order valence-corrected chi connectivity index (χ1v) is 6.35. The van der Waals surface area contributed by atoms with Crippen molar-refractivity contribution in [1.29, 1.82) is 5.26 Å². The van der Waals surface area contributed by atoms with Gasteiger partial charge in [0.15, 0.2) is 0 Å². The quantitative estimate of drug-likeness (QED) is 0.664. The van der Waals surface area contributed by atoms with Gasteiger partial charge in [-0.2, -0.15) is 5.26 Å². The van der Waals surface area contributed by atoms with E-state index >= 15 is 0 Å². The highest BCUT2D eigenvalue weighted by Gasteiger charge is 2.31. The highest BCUT2D eigenvalue weighted by molar-refractivity contribution is 4.83. The Kier molecular flexibility index (Phi) is 7.37. The first kappa shape index (κ1) is 16.4. The molecule has 4 unspecified atom stereocenters. The third kappa shape index (κ3) is 6.02. The molecule has 4 atom stereocenters. The number of rotatable bonds is 8. The maximum Gasteiger partial charge on any atom is 0.141 e. The molecule has 0 aliphatic heterocycles. The number of hydrogen-bond acceptors (Lipinski definition) is 4. The smallest absolute Gasteiger partial charge is 0.141 e. The lowest BCUT2D eigenvalue weighted by Gasteiger charge is -2.35. The number of nitriles is 1. The van der Waals surface area contributed by atoms with Gasteiger partial charge in [0, 0.05) is 12.5 Å². The molecular weight excluding hydrogens is 216 g/mol. The number of ether oxygens (including phenoxy) is 2. The van der Waals surface area contributed by atoms with Crippen LogP contribution in [0, 0.1) is 17.2 Å². The summed E-state index contributed by atoms with van der Waals surface area (Å²) in [5.41, 5.74) is 5.52. The molecular formula is C13H26N2O2. The summed E-state index contributed by atoms with van der Waals surface area (Å²) in [5.74, 6) is 0.225. The first-order chi connectivity index (χ1) is 7.87. The Balaban J connectivity index is 4.35. The molecule has 0 aromatic carbocycles. The van der Waals surface area contributed by atoms with Crippen LogP contribution < -0.4 is 5.73 Å². The molecule has 100 valence electrons. The highest BCUT2D eigenvalue weighted by atomic mass is 16.5. The topological polar surface area (TPSA) is 68.3 Å². The Morgan fingerprint density at radius 2 is 1.94 bits per heavy atom. The van der Waals surface area contributed by atoms with E-state index < -0.39 is 5.72 Å². The largest absolute Gasteiger partial charge is 0.361 e. The van der Waals surface area contributed by atoms with Gasteiger partial charge in [0.1, 0.15) is 11.8 Å². The van der Waals surface area contributed by atoms with E-state index in [0.717, 1.165) is 12.8 Å². The van der Waals surface area contributed by atoms with Crippen molar-refractivity contribution >= 4 is 0 Å². The molecule has 0 bridgehead atoms. The summed E-state index contributed by atoms with van der Waals surface area (Å²) in [6.45, 7) is 10.3. The van der Waals surface area contributed by atoms with Crippen LogP contribution in [-0.4, -0.2) is 24.5 Å². The standard InChI is InChI=1S/C13H26N2O2/c1-6-12(13(5,15)16-7-2)8-10(3)17-11(4)9-14/h10-12H,6-8,15H2,1-5H3. The highest BCUT2D eigenvalue weighted by Crippen LogP contribution is 2.25. The minimum Gasteiger partial charge on any atom is -0.361 e. The molecule has 0 rings (SSSR count). The molecule has 0 aliphatic carbocycles. The van der Waals surface area contributed by atoms with Gasteiger partial charge in [0.2, 0.25) is 0 Å². The molecule has 0 aliphatic rings. The first-order valence-electron chi connectivity index (χ1n) is 6.35. The zero-order valence-corrected chi connectivity index (χ0v) is 11.7. The summed E-state index contributed by atoms with van der Waals surface area (Å²) in [7, 11) is 0. The monoisotopic (exact) mass is 242 g/mol. The molecule has 0 spiro atoms. The Morgan fingerprint density at radius 1 is 1.35 bits per heavy atom. The van der Waals surface area contributed by atoms with E-state index in [-0.39, 0.29) is 18.1 Å². The maximum atomic E-state index is 8.69. The molecule has 0 amide bonds. The molecule has 0 aromatic heterocycles. The Hall–Kier alpha value is -0.630. The van der Waals surface area contributed by atoms with Gasteiger partial charge < -0.3 is 15.2 Å². The number of nitrogens with two attached hydrogens (primary N) is 1. The third-order valence-corrected chi connectivity index (χ3v) is 2.99. The van der Waals surface area contributed by atoms with Gasteiger partial charge in [-0.05, 0) is 40.5 Å². The van der Waals surface area contributed by atoms with Gasteiger partial charge in [-0.25, -0.2) is 0 Å². The van der Waals surface area contributed by atoms with E-state index in [1.807, 2.05) is 20.8 Å². The van der Waals surface area contributed by atoms with E-state index in [1.54, 1.807) is 6.92 Å². The van der Waals surface area contributed by atoms with E-state index in [0.29, 0.717) is 6.61 Å². The fourth-order valence-electron chi connectivity index (χ4n) is 2.07. The van der Waals surface area contributed by atoms with Gasteiger partial charge in [-0.1, -0.05) is 6.92 Å². The van der Waals surface area contributed by atoms with Gasteiger partial charge in [0.05, 0.1) is 12.2 Å². The van der Waals surface area contributed by atoms with E-state index in [1.165, 1.54) is 0 Å². The molecule has 2 N–H and O–H groups in total. The van der Waals surface area contributed by atoms with Gasteiger partial charge >= 0.3 is 0 Å². The van der Waals surface area contributed by atoms with Crippen molar-refractivity contribution in [3.8, 4) is 6.07 Å². The van der Waals surface area contributed by atoms with Crippen LogP contribution in [0.25, 0.3) is 0 Å². The van der Waals surface area contributed by atoms with Crippen molar-refractivity contribution in [2.24, 2.45) is 11.7 Å². The second-order valence-corrected chi connectivity index (χ2v) is 4.68. The summed E-state index contributed by atoms with van der Waals surface area (Å²) in [6, 6.07) is 2.07. The fourth-order valence-corrected chi connectivity index (χ4v) is 2.07. The molecule has 17 heavy (non-hydrogen) atoms. The van der Waals surface area contributed by atoms with Gasteiger partial charge in [-0.3, -0.25) is 0 Å². The normalized spacial score (nSPS) is 20.1. The molecule has 4 nitrogen and oxygen atoms in total. The van der Waals surface area contributed by atoms with Crippen LogP contribution in [0.1, 0.15) is 47.5 Å². The maximum absolute atomic E-state index is 8.69. The van der Waals surface area contributed by atoms with Gasteiger partial charge in [0.25, 0.3) is 0 Å². The van der Waals surface area contributed by atoms with Crippen LogP contribution in [-0.2, 0) is 9.47 Å². The molecule has 0 saturated carbocycles. The predicted molar refractivity (Wildman–Crippen MR) is 68.2 cm³/mol. The van der Waals surface area contributed by atoms with E-state index in [4.69, 9.17) is 20.5 Å². The lowest BCUT2D eigenvalue weighted by atomic mass is 9.89. The van der Waals surface area contributed by atoms with Crippen molar-refractivity contribution in [2.75, 3.05) is 6.61 Å². The van der Waals surface area contributed by atoms with Crippen molar-refractivity contribution in [3.63, 3.8) is 0 Å². The van der Waals surface area contributed by atoms with Crippen molar-refractivity contribution in [3.05, 3.63) is 0 Å². The lowest BCUT2D eigenvalue weighted by molar-refractivity contribution is -0.0844. The van der Waals surface area contributed by atoms with Crippen LogP contribution in [0.3, 0.4) is 0 Å². The summed E-state index contributed by atoms with van der Waals surface area (Å²) in [6.07, 6.45) is 1.37. The summed E-state index contributed by atoms with van der Waals surface area (Å²) >= 11 is 0. The van der Waals surface area contributed by atoms with Crippen LogP contribution in [0.4, 0.5) is 0 Å². The molecule has 0 heterocycles. The second-order valence-electron chi connectivity index (χ2n) is 4.68. The average Bonchev–Trinajstić information content (AvgIpc) is 2.25. The Labute approximate surface area is 105 Å². The molecule has 0 radical (unpaired) electrons.